The number of thiocarbonyl (C=S) groups is 1. The maximum atomic E-state index is 5.36. The highest BCUT2D eigenvalue weighted by Crippen LogP contribution is 2.23. The van der Waals surface area contributed by atoms with E-state index in [1.165, 1.54) is 5.56 Å². The summed E-state index contributed by atoms with van der Waals surface area (Å²) in [4.78, 5) is 0. The molecular formula is C16H18N2OS. The summed E-state index contributed by atoms with van der Waals surface area (Å²) < 4.78 is 5.29. The first-order valence-electron chi connectivity index (χ1n) is 6.53. The number of nitrogens with one attached hydrogen (secondary N) is 2. The van der Waals surface area contributed by atoms with Gasteiger partial charge < -0.3 is 15.4 Å². The number of hydrogen-bond donors (Lipinski definition) is 2. The van der Waals surface area contributed by atoms with Crippen molar-refractivity contribution in [2.75, 3.05) is 17.7 Å². The topological polar surface area (TPSA) is 33.3 Å². The quantitative estimate of drug-likeness (QED) is 0.830. The van der Waals surface area contributed by atoms with Crippen LogP contribution in [0.4, 0.5) is 11.4 Å². The van der Waals surface area contributed by atoms with Gasteiger partial charge in [0.2, 0.25) is 0 Å². The zero-order valence-corrected chi connectivity index (χ0v) is 12.5. The van der Waals surface area contributed by atoms with Crippen molar-refractivity contribution in [3.05, 3.63) is 54.1 Å². The first-order chi connectivity index (χ1) is 9.74. The number of aryl methyl sites for hydroxylation is 1. The minimum absolute atomic E-state index is 0.551. The molecule has 2 N–H and O–H groups in total. The highest BCUT2D eigenvalue weighted by Gasteiger charge is 2.05. The summed E-state index contributed by atoms with van der Waals surface area (Å²) in [7, 11) is 1.64. The van der Waals surface area contributed by atoms with Gasteiger partial charge in [0.05, 0.1) is 12.8 Å². The van der Waals surface area contributed by atoms with Gasteiger partial charge in [0.1, 0.15) is 5.75 Å². The third-order valence-electron chi connectivity index (χ3n) is 3.00. The van der Waals surface area contributed by atoms with Gasteiger partial charge in [-0.25, -0.2) is 0 Å². The van der Waals surface area contributed by atoms with Crippen LogP contribution in [0.5, 0.6) is 5.75 Å². The maximum absolute atomic E-state index is 5.36. The molecule has 0 amide bonds. The van der Waals surface area contributed by atoms with Gasteiger partial charge in [-0.2, -0.15) is 0 Å². The third-order valence-corrected chi connectivity index (χ3v) is 3.21. The summed E-state index contributed by atoms with van der Waals surface area (Å²) in [5, 5.41) is 6.93. The van der Waals surface area contributed by atoms with E-state index < -0.39 is 0 Å². The Hall–Kier alpha value is -2.07. The molecule has 0 unspecified atom stereocenters. The summed E-state index contributed by atoms with van der Waals surface area (Å²) in [6, 6.07) is 15.8. The lowest BCUT2D eigenvalue weighted by molar-refractivity contribution is 0.417. The molecule has 0 aliphatic heterocycles. The van der Waals surface area contributed by atoms with Crippen LogP contribution in [0.1, 0.15) is 12.5 Å². The zero-order chi connectivity index (χ0) is 14.4. The minimum atomic E-state index is 0.551. The van der Waals surface area contributed by atoms with E-state index >= 15 is 0 Å². The molecule has 104 valence electrons. The van der Waals surface area contributed by atoms with E-state index in [0.717, 1.165) is 23.5 Å². The summed E-state index contributed by atoms with van der Waals surface area (Å²) in [5.74, 6) is 0.764. The van der Waals surface area contributed by atoms with Crippen LogP contribution in [0.15, 0.2) is 48.5 Å². The highest BCUT2D eigenvalue weighted by atomic mass is 32.1. The Balaban J connectivity index is 2.09. The van der Waals surface area contributed by atoms with Gasteiger partial charge in [-0.05, 0) is 42.4 Å². The monoisotopic (exact) mass is 286 g/mol. The van der Waals surface area contributed by atoms with Crippen LogP contribution in [0.25, 0.3) is 0 Å². The van der Waals surface area contributed by atoms with Gasteiger partial charge in [-0.1, -0.05) is 37.3 Å². The van der Waals surface area contributed by atoms with Crippen molar-refractivity contribution in [3.8, 4) is 5.75 Å². The fraction of sp³-hybridized carbons (Fsp3) is 0.188. The Bertz CT molecular complexity index is 547. The van der Waals surface area contributed by atoms with Gasteiger partial charge in [-0.3, -0.25) is 0 Å². The second-order valence-electron chi connectivity index (χ2n) is 4.29. The van der Waals surface area contributed by atoms with Crippen LogP contribution in [0, 0.1) is 0 Å². The molecule has 0 fully saturated rings. The molecule has 0 aliphatic rings. The van der Waals surface area contributed by atoms with Crippen molar-refractivity contribution >= 4 is 28.7 Å². The first-order valence-corrected chi connectivity index (χ1v) is 6.94. The van der Waals surface area contributed by atoms with E-state index in [0.29, 0.717) is 5.11 Å². The Kier molecular flexibility index (Phi) is 4.96. The summed E-state index contributed by atoms with van der Waals surface area (Å²) >= 11 is 5.36. The van der Waals surface area contributed by atoms with Crippen molar-refractivity contribution in [1.82, 2.24) is 0 Å². The Morgan fingerprint density at radius 1 is 1.00 bits per heavy atom. The molecule has 0 aliphatic carbocycles. The van der Waals surface area contributed by atoms with Crippen molar-refractivity contribution in [2.24, 2.45) is 0 Å². The second kappa shape index (κ2) is 6.91. The van der Waals surface area contributed by atoms with Crippen molar-refractivity contribution in [3.63, 3.8) is 0 Å². The molecule has 0 spiro atoms. The van der Waals surface area contributed by atoms with Gasteiger partial charge in [-0.15, -0.1) is 0 Å². The van der Waals surface area contributed by atoms with Crippen LogP contribution in [-0.2, 0) is 6.42 Å². The van der Waals surface area contributed by atoms with Crippen LogP contribution in [0.2, 0.25) is 0 Å². The number of methoxy groups -OCH3 is 1. The average molecular weight is 286 g/mol. The van der Waals surface area contributed by atoms with Gasteiger partial charge in [0, 0.05) is 5.69 Å². The largest absolute Gasteiger partial charge is 0.495 e. The Morgan fingerprint density at radius 2 is 1.60 bits per heavy atom. The molecule has 0 heterocycles. The normalized spacial score (nSPS) is 9.90. The van der Waals surface area contributed by atoms with E-state index in [9.17, 15) is 0 Å². The molecule has 0 atom stereocenters. The molecule has 0 saturated carbocycles. The lowest BCUT2D eigenvalue weighted by Gasteiger charge is -2.15. The van der Waals surface area contributed by atoms with E-state index in [2.05, 4.69) is 23.6 Å². The SMILES string of the molecule is CCc1ccccc1NC(=S)Nc1ccccc1OC. The number of para-hydroxylation sites is 3. The number of hydrogen-bond acceptors (Lipinski definition) is 2. The average Bonchev–Trinajstić information content (AvgIpc) is 2.48. The minimum Gasteiger partial charge on any atom is -0.495 e. The molecule has 0 saturated heterocycles. The Morgan fingerprint density at radius 3 is 2.30 bits per heavy atom. The van der Waals surface area contributed by atoms with Crippen molar-refractivity contribution in [1.29, 1.82) is 0 Å². The van der Waals surface area contributed by atoms with Crippen LogP contribution in [-0.4, -0.2) is 12.2 Å². The molecule has 0 radical (unpaired) electrons. The van der Waals surface area contributed by atoms with Crippen LogP contribution < -0.4 is 15.4 Å². The summed E-state index contributed by atoms with van der Waals surface area (Å²) in [5.41, 5.74) is 3.11. The van der Waals surface area contributed by atoms with E-state index in [4.69, 9.17) is 17.0 Å². The number of benzene rings is 2. The third kappa shape index (κ3) is 3.48. The predicted molar refractivity (Wildman–Crippen MR) is 88.7 cm³/mol. The summed E-state index contributed by atoms with van der Waals surface area (Å²) in [6.45, 7) is 2.12. The van der Waals surface area contributed by atoms with Crippen LogP contribution in [0.3, 0.4) is 0 Å². The number of anilines is 2. The van der Waals surface area contributed by atoms with Crippen molar-refractivity contribution in [2.45, 2.75) is 13.3 Å². The van der Waals surface area contributed by atoms with Crippen LogP contribution >= 0.6 is 12.2 Å². The second-order valence-corrected chi connectivity index (χ2v) is 4.70. The molecule has 2 aromatic rings. The zero-order valence-electron chi connectivity index (χ0n) is 11.6. The molecule has 2 rings (SSSR count). The predicted octanol–water partition coefficient (Wildman–Crippen LogP) is 4.07. The van der Waals surface area contributed by atoms with Gasteiger partial charge in [0.25, 0.3) is 0 Å². The molecule has 2 aromatic carbocycles. The Labute approximate surface area is 125 Å². The van der Waals surface area contributed by atoms with Gasteiger partial charge >= 0.3 is 0 Å². The fourth-order valence-electron chi connectivity index (χ4n) is 1.97. The lowest BCUT2D eigenvalue weighted by atomic mass is 10.1. The standard InChI is InChI=1S/C16H18N2OS/c1-3-12-8-4-5-9-13(12)17-16(20)18-14-10-6-7-11-15(14)19-2/h4-11H,3H2,1-2H3,(H2,17,18,20). The number of rotatable bonds is 4. The smallest absolute Gasteiger partial charge is 0.175 e. The van der Waals surface area contributed by atoms with E-state index in [1.54, 1.807) is 7.11 Å². The molecule has 20 heavy (non-hydrogen) atoms. The fourth-order valence-corrected chi connectivity index (χ4v) is 2.19. The molecule has 0 aromatic heterocycles. The van der Waals surface area contributed by atoms with Gasteiger partial charge in [0.15, 0.2) is 5.11 Å². The molecule has 3 nitrogen and oxygen atoms in total. The van der Waals surface area contributed by atoms with E-state index in [-0.39, 0.29) is 0 Å². The maximum Gasteiger partial charge on any atom is 0.175 e. The lowest BCUT2D eigenvalue weighted by Crippen LogP contribution is -2.20. The highest BCUT2D eigenvalue weighted by molar-refractivity contribution is 7.80. The first kappa shape index (κ1) is 14.3. The molecule has 4 heteroatoms. The number of ether oxygens (including phenoxy) is 1. The molecular weight excluding hydrogens is 268 g/mol. The van der Waals surface area contributed by atoms with E-state index in [1.807, 2.05) is 42.5 Å². The molecule has 0 bridgehead atoms. The summed E-state index contributed by atoms with van der Waals surface area (Å²) in [6.07, 6.45) is 0.959. The van der Waals surface area contributed by atoms with Crippen molar-refractivity contribution < 1.29 is 4.74 Å².